The predicted octanol–water partition coefficient (Wildman–Crippen LogP) is 9.53. The predicted molar refractivity (Wildman–Crippen MR) is 169 cm³/mol. The van der Waals surface area contributed by atoms with E-state index in [0.717, 1.165) is 50.1 Å². The minimum atomic E-state index is 0.0618. The molecule has 0 spiro atoms. The molecule has 0 bridgehead atoms. The Labute approximate surface area is 249 Å². The van der Waals surface area contributed by atoms with E-state index in [1.54, 1.807) is 0 Å². The lowest BCUT2D eigenvalue weighted by molar-refractivity contribution is 0.358. The van der Waals surface area contributed by atoms with E-state index in [0.29, 0.717) is 36.5 Å². The molecule has 0 aliphatic carbocycles. The monoisotopic (exact) mass is 561 g/mol. The van der Waals surface area contributed by atoms with E-state index in [2.05, 4.69) is 34.7 Å². The maximum atomic E-state index is 6.29. The first kappa shape index (κ1) is 30.3. The number of nitrogens with zero attached hydrogens (tertiary/aromatic N) is 3. The number of hydrogen-bond donors (Lipinski definition) is 0. The molecular weight excluding hydrogens is 522 g/mol. The quantitative estimate of drug-likeness (QED) is 0.160. The van der Waals surface area contributed by atoms with E-state index in [1.165, 1.54) is 0 Å². The normalized spacial score (nSPS) is 10.7. The molecule has 0 amide bonds. The molecule has 0 saturated carbocycles. The topological polar surface area (TPSA) is 66.4 Å². The van der Waals surface area contributed by atoms with Crippen LogP contribution < -0.4 is 14.2 Å². The van der Waals surface area contributed by atoms with Crippen molar-refractivity contribution in [3.05, 3.63) is 124 Å². The summed E-state index contributed by atoms with van der Waals surface area (Å²) >= 11 is 0. The Morgan fingerprint density at radius 3 is 1.00 bits per heavy atom. The summed E-state index contributed by atoms with van der Waals surface area (Å²) in [6, 6.07) is 18.3. The molecular formula is C36H39N3O3. The van der Waals surface area contributed by atoms with Gasteiger partial charge in [0.2, 0.25) is 0 Å². The molecule has 0 saturated heterocycles. The molecule has 4 rings (SSSR count). The van der Waals surface area contributed by atoms with Gasteiger partial charge in [0.25, 0.3) is 0 Å². The summed E-state index contributed by atoms with van der Waals surface area (Å²) in [6.45, 7) is 24.2. The molecule has 1 aromatic heterocycles. The van der Waals surface area contributed by atoms with E-state index in [4.69, 9.17) is 14.2 Å². The van der Waals surface area contributed by atoms with Crippen molar-refractivity contribution < 1.29 is 14.2 Å². The first-order chi connectivity index (χ1) is 19.9. The Morgan fingerprint density at radius 1 is 0.500 bits per heavy atom. The smallest absolute Gasteiger partial charge is 0.331 e. The average Bonchev–Trinajstić information content (AvgIpc) is 2.88. The van der Waals surface area contributed by atoms with Gasteiger partial charge in [-0.25, -0.2) is 0 Å². The summed E-state index contributed by atoms with van der Waals surface area (Å²) in [5.74, 6) is 1.91. The second-order valence-corrected chi connectivity index (χ2v) is 11.2. The van der Waals surface area contributed by atoms with Crippen LogP contribution in [0, 0.1) is 20.8 Å². The Kier molecular flexibility index (Phi) is 9.58. The SMILES string of the molecule is C=C(C)Cc1ccc(C)cc1Oc1nc(Oc2cc(C)ccc2CC(=C)C)nc(Oc2cc(C)ccc2CC(=C)C)n1. The van der Waals surface area contributed by atoms with Gasteiger partial charge in [-0.05, 0) is 112 Å². The van der Waals surface area contributed by atoms with Crippen molar-refractivity contribution in [2.75, 3.05) is 0 Å². The van der Waals surface area contributed by atoms with Crippen molar-refractivity contribution in [3.8, 4) is 35.3 Å². The highest BCUT2D eigenvalue weighted by atomic mass is 16.5. The van der Waals surface area contributed by atoms with Crippen molar-refractivity contribution in [3.63, 3.8) is 0 Å². The van der Waals surface area contributed by atoms with E-state index >= 15 is 0 Å². The van der Waals surface area contributed by atoms with Crippen LogP contribution in [0.25, 0.3) is 0 Å². The van der Waals surface area contributed by atoms with Gasteiger partial charge in [0.1, 0.15) is 17.2 Å². The lowest BCUT2D eigenvalue weighted by Crippen LogP contribution is -2.04. The summed E-state index contributed by atoms with van der Waals surface area (Å²) in [7, 11) is 0. The van der Waals surface area contributed by atoms with Crippen LogP contribution >= 0.6 is 0 Å². The number of rotatable bonds is 12. The Bertz CT molecular complexity index is 1450. The molecule has 6 nitrogen and oxygen atoms in total. The molecule has 0 fully saturated rings. The van der Waals surface area contributed by atoms with Crippen LogP contribution in [-0.4, -0.2) is 15.0 Å². The molecule has 0 radical (unpaired) electrons. The fourth-order valence-electron chi connectivity index (χ4n) is 4.44. The molecule has 0 atom stereocenters. The first-order valence-corrected chi connectivity index (χ1v) is 14.0. The number of benzene rings is 3. The molecule has 3 aromatic carbocycles. The third-order valence-electron chi connectivity index (χ3n) is 6.32. The number of hydrogen-bond acceptors (Lipinski definition) is 6. The maximum Gasteiger partial charge on any atom is 0.331 e. The van der Waals surface area contributed by atoms with Gasteiger partial charge in [-0.2, -0.15) is 0 Å². The molecule has 216 valence electrons. The van der Waals surface area contributed by atoms with E-state index in [9.17, 15) is 0 Å². The Hall–Kier alpha value is -4.71. The number of ether oxygens (including phenoxy) is 3. The van der Waals surface area contributed by atoms with Crippen LogP contribution in [0.3, 0.4) is 0 Å². The highest BCUT2D eigenvalue weighted by Gasteiger charge is 2.17. The van der Waals surface area contributed by atoms with Crippen molar-refractivity contribution in [1.82, 2.24) is 15.0 Å². The lowest BCUT2D eigenvalue weighted by atomic mass is 10.0. The van der Waals surface area contributed by atoms with Gasteiger partial charge in [0.15, 0.2) is 0 Å². The van der Waals surface area contributed by atoms with E-state index < -0.39 is 0 Å². The summed E-state index contributed by atoms with van der Waals surface area (Å²) in [5.41, 5.74) is 9.11. The highest BCUT2D eigenvalue weighted by molar-refractivity contribution is 5.43. The van der Waals surface area contributed by atoms with Crippen molar-refractivity contribution in [1.29, 1.82) is 0 Å². The fourth-order valence-corrected chi connectivity index (χ4v) is 4.44. The largest absolute Gasteiger partial charge is 0.424 e. The number of aromatic nitrogens is 3. The first-order valence-electron chi connectivity index (χ1n) is 14.0. The van der Waals surface area contributed by atoms with Gasteiger partial charge in [-0.15, -0.1) is 15.0 Å². The Morgan fingerprint density at radius 2 is 0.762 bits per heavy atom. The van der Waals surface area contributed by atoms with Gasteiger partial charge in [-0.1, -0.05) is 72.9 Å². The van der Waals surface area contributed by atoms with Crippen LogP contribution in [0.1, 0.15) is 54.2 Å². The molecule has 0 aliphatic rings. The van der Waals surface area contributed by atoms with Crippen molar-refractivity contribution in [2.45, 2.75) is 60.8 Å². The zero-order valence-electron chi connectivity index (χ0n) is 25.5. The Balaban J connectivity index is 1.79. The third-order valence-corrected chi connectivity index (χ3v) is 6.32. The van der Waals surface area contributed by atoms with Crippen LogP contribution in [0.4, 0.5) is 0 Å². The third kappa shape index (κ3) is 8.40. The standard InChI is InChI=1S/C36H39N3O3/c1-22(2)16-28-13-10-25(7)19-31(28)40-34-37-35(41-32-20-26(8)11-14-29(32)17-23(3)4)39-36(38-34)42-33-21-27(9)12-15-30(33)18-24(5)6/h10-15,19-21H,1,3,5,16-18H2,2,4,6-9H3. The van der Waals surface area contributed by atoms with E-state index in [1.807, 2.05) is 96.1 Å². The van der Waals surface area contributed by atoms with Gasteiger partial charge in [0.05, 0.1) is 0 Å². The fraction of sp³-hybridized carbons (Fsp3) is 0.250. The van der Waals surface area contributed by atoms with Crippen LogP contribution in [0.5, 0.6) is 35.3 Å². The molecule has 6 heteroatoms. The molecule has 42 heavy (non-hydrogen) atoms. The van der Waals surface area contributed by atoms with Gasteiger partial charge >= 0.3 is 18.0 Å². The summed E-state index contributed by atoms with van der Waals surface area (Å²) in [4.78, 5) is 13.6. The van der Waals surface area contributed by atoms with E-state index in [-0.39, 0.29) is 18.0 Å². The van der Waals surface area contributed by atoms with Gasteiger partial charge in [0, 0.05) is 0 Å². The van der Waals surface area contributed by atoms with Crippen LogP contribution in [0.15, 0.2) is 91.1 Å². The van der Waals surface area contributed by atoms with Crippen LogP contribution in [0.2, 0.25) is 0 Å². The number of allylic oxidation sites excluding steroid dienone is 3. The minimum absolute atomic E-state index is 0.0618. The molecule has 0 aliphatic heterocycles. The second kappa shape index (κ2) is 13.3. The highest BCUT2D eigenvalue weighted by Crippen LogP contribution is 2.33. The lowest BCUT2D eigenvalue weighted by Gasteiger charge is -2.15. The maximum absolute atomic E-state index is 6.29. The molecule has 1 heterocycles. The summed E-state index contributed by atoms with van der Waals surface area (Å²) < 4.78 is 18.9. The minimum Gasteiger partial charge on any atom is -0.424 e. The molecule has 0 N–H and O–H groups in total. The number of aryl methyl sites for hydroxylation is 3. The average molecular weight is 562 g/mol. The summed E-state index contributed by atoms with van der Waals surface area (Å²) in [5, 5.41) is 0. The summed E-state index contributed by atoms with van der Waals surface area (Å²) in [6.07, 6.45) is 1.98. The molecule has 0 unspecified atom stereocenters. The second-order valence-electron chi connectivity index (χ2n) is 11.2. The van der Waals surface area contributed by atoms with Crippen molar-refractivity contribution >= 4 is 0 Å². The zero-order valence-corrected chi connectivity index (χ0v) is 25.5. The van der Waals surface area contributed by atoms with Gasteiger partial charge < -0.3 is 14.2 Å². The van der Waals surface area contributed by atoms with Crippen LogP contribution in [-0.2, 0) is 19.3 Å². The van der Waals surface area contributed by atoms with Gasteiger partial charge in [-0.3, -0.25) is 0 Å². The zero-order chi connectivity index (χ0) is 30.4. The molecule has 4 aromatic rings. The van der Waals surface area contributed by atoms with Crippen molar-refractivity contribution in [2.24, 2.45) is 0 Å².